The summed E-state index contributed by atoms with van der Waals surface area (Å²) in [5.41, 5.74) is -0.131. The third-order valence-electron chi connectivity index (χ3n) is 13.2. The molecule has 396 valence electrons. The first-order chi connectivity index (χ1) is 33.9. The first-order valence-corrected chi connectivity index (χ1v) is 25.7. The van der Waals surface area contributed by atoms with Gasteiger partial charge in [0, 0.05) is 64.4 Å². The number of hydrogen-bond acceptors (Lipinski definition) is 10. The van der Waals surface area contributed by atoms with Crippen LogP contribution in [0.4, 0.5) is 9.59 Å². The Morgan fingerprint density at radius 3 is 1.67 bits per heavy atom. The monoisotopic (exact) mass is 1000 g/mol. The molecular weight excluding hydrogens is 921 g/mol. The van der Waals surface area contributed by atoms with Crippen LogP contribution >= 0.6 is 0 Å². The molecule has 0 unspecified atom stereocenters. The Morgan fingerprint density at radius 2 is 1.14 bits per heavy atom. The van der Waals surface area contributed by atoms with Crippen molar-refractivity contribution in [2.75, 3.05) is 39.3 Å². The van der Waals surface area contributed by atoms with Crippen molar-refractivity contribution in [3.63, 3.8) is 0 Å². The molecule has 3 aliphatic heterocycles. The van der Waals surface area contributed by atoms with Gasteiger partial charge in [-0.2, -0.15) is 0 Å². The number of benzene rings is 2. The molecule has 0 radical (unpaired) electrons. The molecule has 3 fully saturated rings. The summed E-state index contributed by atoms with van der Waals surface area (Å²) in [4.78, 5) is 114. The van der Waals surface area contributed by atoms with E-state index in [1.807, 2.05) is 79.4 Å². The predicted octanol–water partition coefficient (Wildman–Crippen LogP) is 5.02. The molecule has 3 saturated heterocycles. The van der Waals surface area contributed by atoms with E-state index in [-0.39, 0.29) is 61.3 Å². The summed E-state index contributed by atoms with van der Waals surface area (Å²) in [5, 5.41) is 14.2. The Labute approximate surface area is 425 Å². The van der Waals surface area contributed by atoms with E-state index < -0.39 is 71.3 Å². The highest BCUT2D eigenvalue weighted by Crippen LogP contribution is 2.41. The number of nitrogens with zero attached hydrogens (tertiary/aromatic N) is 3. The molecule has 18 nitrogen and oxygen atoms in total. The number of piperidine rings is 1. The van der Waals surface area contributed by atoms with Gasteiger partial charge in [-0.05, 0) is 110 Å². The minimum atomic E-state index is -1.18. The summed E-state index contributed by atoms with van der Waals surface area (Å²) in [7, 11) is 0. The molecule has 0 aromatic heterocycles. The predicted molar refractivity (Wildman–Crippen MR) is 272 cm³/mol. The number of carbonyl (C=O) groups is 8. The van der Waals surface area contributed by atoms with Gasteiger partial charge >= 0.3 is 12.2 Å². The van der Waals surface area contributed by atoms with Crippen molar-refractivity contribution < 1.29 is 47.8 Å². The van der Waals surface area contributed by atoms with Crippen molar-refractivity contribution in [1.29, 1.82) is 0 Å². The van der Waals surface area contributed by atoms with Gasteiger partial charge in [0.25, 0.3) is 0 Å². The molecule has 5 rings (SSSR count). The molecule has 2 aromatic carbocycles. The van der Waals surface area contributed by atoms with Crippen molar-refractivity contribution in [3.05, 3.63) is 71.8 Å². The second-order valence-electron chi connectivity index (χ2n) is 22.2. The molecule has 5 N–H and O–H groups in total. The van der Waals surface area contributed by atoms with E-state index in [1.54, 1.807) is 51.3 Å². The zero-order valence-electron chi connectivity index (χ0n) is 44.0. The van der Waals surface area contributed by atoms with Gasteiger partial charge in [-0.1, -0.05) is 74.5 Å². The zero-order valence-corrected chi connectivity index (χ0v) is 44.0. The molecule has 1 spiro atoms. The Kier molecular flexibility index (Phi) is 20.0. The molecule has 3 aliphatic rings. The van der Waals surface area contributed by atoms with Gasteiger partial charge in [0.2, 0.25) is 35.4 Å². The van der Waals surface area contributed by atoms with E-state index >= 15 is 0 Å². The third-order valence-corrected chi connectivity index (χ3v) is 13.2. The molecule has 0 saturated carbocycles. The highest BCUT2D eigenvalue weighted by Gasteiger charge is 2.50. The van der Waals surface area contributed by atoms with Crippen molar-refractivity contribution in [2.24, 2.45) is 11.3 Å². The van der Waals surface area contributed by atoms with Crippen LogP contribution in [0, 0.1) is 11.3 Å². The number of carbonyl (C=O) groups excluding carboxylic acids is 8. The minimum Gasteiger partial charge on any atom is -0.444 e. The molecule has 0 bridgehead atoms. The second kappa shape index (κ2) is 25.5. The van der Waals surface area contributed by atoms with Crippen molar-refractivity contribution >= 4 is 47.6 Å². The van der Waals surface area contributed by atoms with Crippen molar-refractivity contribution in [2.45, 2.75) is 168 Å². The molecule has 5 atom stereocenters. The van der Waals surface area contributed by atoms with Crippen LogP contribution in [0.1, 0.15) is 125 Å². The first-order valence-electron chi connectivity index (χ1n) is 25.7. The highest BCUT2D eigenvalue weighted by molar-refractivity contribution is 5.95. The van der Waals surface area contributed by atoms with E-state index in [9.17, 15) is 38.4 Å². The second-order valence-corrected chi connectivity index (χ2v) is 22.2. The summed E-state index contributed by atoms with van der Waals surface area (Å²) in [5.74, 6) is -2.27. The molecule has 3 heterocycles. The van der Waals surface area contributed by atoms with Crippen LogP contribution in [0.5, 0.6) is 0 Å². The van der Waals surface area contributed by atoms with Crippen LogP contribution in [0.25, 0.3) is 0 Å². The van der Waals surface area contributed by atoms with Crippen molar-refractivity contribution in [3.8, 4) is 0 Å². The van der Waals surface area contributed by atoms with E-state index in [0.717, 1.165) is 17.5 Å². The van der Waals surface area contributed by atoms with Crippen LogP contribution in [-0.4, -0.2) is 143 Å². The number of hydrogen-bond donors (Lipinski definition) is 5. The summed E-state index contributed by atoms with van der Waals surface area (Å²) >= 11 is 0. The van der Waals surface area contributed by atoms with E-state index in [2.05, 4.69) is 26.6 Å². The highest BCUT2D eigenvalue weighted by atomic mass is 16.6. The summed E-state index contributed by atoms with van der Waals surface area (Å²) < 4.78 is 10.9. The Balaban J connectivity index is 1.30. The fraction of sp³-hybridized carbons (Fsp3) is 0.630. The number of alkyl carbamates (subject to hydrolysis) is 2. The maximum atomic E-state index is 14.5. The number of amides is 8. The SMILES string of the molecule is CC(=O)N1CCC[C@@H]1C(=O)N1CC2(CCN(C(=O)[C@@H](CCCCNC(=O)OC(C)(C)C)NC(=O)[C@@H](CC(C)C)NC(=O)[C@@H](Cc3ccccc3)NC(=O)[C@@H](Cc3ccccc3)NC(=O)OC(C)(C)C)CC2)C1. The fourth-order valence-electron chi connectivity index (χ4n) is 9.59. The number of unbranched alkanes of at least 4 members (excludes halogenated alkanes) is 1. The van der Waals surface area contributed by atoms with Crippen molar-refractivity contribution in [1.82, 2.24) is 41.3 Å². The average Bonchev–Trinajstić information content (AvgIpc) is 3.79. The Morgan fingerprint density at radius 1 is 0.639 bits per heavy atom. The number of likely N-dealkylation sites (tertiary alicyclic amines) is 3. The van der Waals surface area contributed by atoms with Gasteiger partial charge in [-0.25, -0.2) is 9.59 Å². The van der Waals surface area contributed by atoms with E-state index in [4.69, 9.17) is 9.47 Å². The lowest BCUT2D eigenvalue weighted by atomic mass is 9.71. The smallest absolute Gasteiger partial charge is 0.408 e. The van der Waals surface area contributed by atoms with Gasteiger partial charge < -0.3 is 50.8 Å². The standard InChI is InChI=1S/C54H80N8O10/c1-36(2)31-41(57-46(65)42(32-38-19-12-10-13-20-38)58-47(66)43(33-39-21-14-11-15-22-39)59-51(70)72-53(7,8)9)45(64)56-40(23-16-17-27-55-50(69)71-52(4,5)6)48(67)60-29-25-54(26-30-60)34-61(35-54)49(68)44-24-18-28-62(44)37(3)63/h10-15,19-22,36,40-44H,16-18,23-35H2,1-9H3,(H,55,69)(H,56,64)(H,57,65)(H,58,66)(H,59,70)/t40-,41-,42-,43-,44-/m1/s1. The lowest BCUT2D eigenvalue weighted by Gasteiger charge is -2.54. The summed E-state index contributed by atoms with van der Waals surface area (Å²) in [6.07, 6.45) is 3.05. The molecule has 2 aromatic rings. The topological polar surface area (TPSA) is 225 Å². The first kappa shape index (κ1) is 56.7. The van der Waals surface area contributed by atoms with E-state index in [1.165, 1.54) is 6.92 Å². The van der Waals surface area contributed by atoms with Crippen LogP contribution in [-0.2, 0) is 51.1 Å². The molecule has 8 amide bonds. The van der Waals surface area contributed by atoms with E-state index in [0.29, 0.717) is 64.8 Å². The number of ether oxygens (including phenoxy) is 2. The van der Waals surface area contributed by atoms with Gasteiger partial charge in [0.15, 0.2) is 0 Å². The molecule has 18 heteroatoms. The van der Waals surface area contributed by atoms with Gasteiger partial charge in [-0.15, -0.1) is 0 Å². The number of nitrogens with one attached hydrogen (secondary N) is 5. The maximum absolute atomic E-state index is 14.5. The fourth-order valence-corrected chi connectivity index (χ4v) is 9.59. The third kappa shape index (κ3) is 17.5. The summed E-state index contributed by atoms with van der Waals surface area (Å²) in [6.45, 7) is 18.7. The molecular formula is C54H80N8O10. The zero-order chi connectivity index (χ0) is 52.8. The quantitative estimate of drug-likeness (QED) is 0.111. The Bertz CT molecular complexity index is 2180. The van der Waals surface area contributed by atoms with Crippen LogP contribution in [0.3, 0.4) is 0 Å². The Hall–Kier alpha value is -6.20. The lowest BCUT2D eigenvalue weighted by Crippen LogP contribution is -2.65. The van der Waals surface area contributed by atoms with Gasteiger partial charge in [0.05, 0.1) is 0 Å². The van der Waals surface area contributed by atoms with Crippen LogP contribution in [0.15, 0.2) is 60.7 Å². The summed E-state index contributed by atoms with van der Waals surface area (Å²) in [6, 6.07) is 13.5. The average molecular weight is 1000 g/mol. The minimum absolute atomic E-state index is 0.0185. The normalized spacial score (nSPS) is 18.2. The molecule has 0 aliphatic carbocycles. The largest absolute Gasteiger partial charge is 0.444 e. The van der Waals surface area contributed by atoms with Crippen LogP contribution in [0.2, 0.25) is 0 Å². The maximum Gasteiger partial charge on any atom is 0.408 e. The van der Waals surface area contributed by atoms with Gasteiger partial charge in [0.1, 0.15) is 41.4 Å². The lowest BCUT2D eigenvalue weighted by molar-refractivity contribution is -0.157. The molecule has 72 heavy (non-hydrogen) atoms. The van der Waals surface area contributed by atoms with Gasteiger partial charge in [-0.3, -0.25) is 28.8 Å². The van der Waals surface area contributed by atoms with Crippen LogP contribution < -0.4 is 26.6 Å². The number of rotatable bonds is 20.